The first kappa shape index (κ1) is 17.2. The number of anilines is 1. The molecule has 0 bridgehead atoms. The summed E-state index contributed by atoms with van der Waals surface area (Å²) in [5.41, 5.74) is 1.97. The standard InChI is InChI=1S/C20H19NO3/c1-3-12-24-19-9-4-6-16(13-19)10-11-20(23)17-7-5-8-18(14-17)21-15(2)22/h3-11,13-14H,1,12H2,2H3,(H,21,22)/b11-10+. The number of ether oxygens (including phenoxy) is 1. The fourth-order valence-corrected chi connectivity index (χ4v) is 2.08. The lowest BCUT2D eigenvalue weighted by Crippen LogP contribution is -2.06. The summed E-state index contributed by atoms with van der Waals surface area (Å²) in [6.07, 6.45) is 4.90. The van der Waals surface area contributed by atoms with Crippen LogP contribution in [-0.4, -0.2) is 18.3 Å². The molecule has 2 aromatic rings. The van der Waals surface area contributed by atoms with Crippen molar-refractivity contribution in [3.8, 4) is 5.75 Å². The maximum absolute atomic E-state index is 12.3. The summed E-state index contributed by atoms with van der Waals surface area (Å²) in [5.74, 6) is 0.406. The fraction of sp³-hybridized carbons (Fsp3) is 0.100. The Morgan fingerprint density at radius 1 is 1.17 bits per heavy atom. The van der Waals surface area contributed by atoms with Gasteiger partial charge in [-0.05, 0) is 35.9 Å². The maximum Gasteiger partial charge on any atom is 0.221 e. The monoisotopic (exact) mass is 321 g/mol. The van der Waals surface area contributed by atoms with Gasteiger partial charge in [0.1, 0.15) is 12.4 Å². The van der Waals surface area contributed by atoms with E-state index < -0.39 is 0 Å². The molecule has 0 atom stereocenters. The molecule has 0 saturated heterocycles. The third-order valence-electron chi connectivity index (χ3n) is 3.12. The van der Waals surface area contributed by atoms with Crippen LogP contribution in [0.3, 0.4) is 0 Å². The molecule has 4 nitrogen and oxygen atoms in total. The smallest absolute Gasteiger partial charge is 0.221 e. The predicted molar refractivity (Wildman–Crippen MR) is 96.2 cm³/mol. The third kappa shape index (κ3) is 5.25. The van der Waals surface area contributed by atoms with Crippen LogP contribution < -0.4 is 10.1 Å². The first-order chi connectivity index (χ1) is 11.6. The number of ketones is 1. The number of carbonyl (C=O) groups is 2. The van der Waals surface area contributed by atoms with Crippen molar-refractivity contribution in [2.24, 2.45) is 0 Å². The molecule has 0 aliphatic heterocycles. The molecule has 4 heteroatoms. The topological polar surface area (TPSA) is 55.4 Å². The SMILES string of the molecule is C=CCOc1cccc(/C=C/C(=O)c2cccc(NC(C)=O)c2)c1. The summed E-state index contributed by atoms with van der Waals surface area (Å²) >= 11 is 0. The normalized spacial score (nSPS) is 10.4. The molecule has 122 valence electrons. The highest BCUT2D eigenvalue weighted by molar-refractivity contribution is 6.07. The van der Waals surface area contributed by atoms with Crippen LogP contribution in [0.1, 0.15) is 22.8 Å². The van der Waals surface area contributed by atoms with Crippen molar-refractivity contribution in [2.75, 3.05) is 11.9 Å². The molecule has 2 aromatic carbocycles. The summed E-state index contributed by atoms with van der Waals surface area (Å²) in [4.78, 5) is 23.4. The van der Waals surface area contributed by atoms with Crippen LogP contribution >= 0.6 is 0 Å². The lowest BCUT2D eigenvalue weighted by Gasteiger charge is -2.04. The van der Waals surface area contributed by atoms with Crippen molar-refractivity contribution >= 4 is 23.5 Å². The van der Waals surface area contributed by atoms with Gasteiger partial charge in [0.2, 0.25) is 5.91 Å². The number of benzene rings is 2. The van der Waals surface area contributed by atoms with Gasteiger partial charge in [-0.2, -0.15) is 0 Å². The van der Waals surface area contributed by atoms with Crippen LogP contribution in [0.4, 0.5) is 5.69 Å². The second-order valence-corrected chi connectivity index (χ2v) is 5.13. The highest BCUT2D eigenvalue weighted by Gasteiger charge is 2.04. The quantitative estimate of drug-likeness (QED) is 0.474. The number of hydrogen-bond donors (Lipinski definition) is 1. The van der Waals surface area contributed by atoms with E-state index in [1.54, 1.807) is 36.4 Å². The van der Waals surface area contributed by atoms with Crippen molar-refractivity contribution < 1.29 is 14.3 Å². The zero-order valence-electron chi connectivity index (χ0n) is 13.5. The van der Waals surface area contributed by atoms with Crippen LogP contribution in [-0.2, 0) is 4.79 Å². The number of hydrogen-bond acceptors (Lipinski definition) is 3. The van der Waals surface area contributed by atoms with Gasteiger partial charge in [-0.15, -0.1) is 0 Å². The van der Waals surface area contributed by atoms with Gasteiger partial charge in [0, 0.05) is 18.2 Å². The van der Waals surface area contributed by atoms with Crippen molar-refractivity contribution in [2.45, 2.75) is 6.92 Å². The van der Waals surface area contributed by atoms with Crippen LogP contribution in [0.25, 0.3) is 6.08 Å². The van der Waals surface area contributed by atoms with Gasteiger partial charge in [-0.1, -0.05) is 43.0 Å². The highest BCUT2D eigenvalue weighted by Crippen LogP contribution is 2.16. The minimum atomic E-state index is -0.175. The summed E-state index contributed by atoms with van der Waals surface area (Å²) in [6, 6.07) is 14.3. The minimum Gasteiger partial charge on any atom is -0.490 e. The van der Waals surface area contributed by atoms with Crippen molar-refractivity contribution in [3.63, 3.8) is 0 Å². The van der Waals surface area contributed by atoms with Gasteiger partial charge in [-0.25, -0.2) is 0 Å². The third-order valence-corrected chi connectivity index (χ3v) is 3.12. The van der Waals surface area contributed by atoms with Crippen LogP contribution in [0.2, 0.25) is 0 Å². The lowest BCUT2D eigenvalue weighted by molar-refractivity contribution is -0.114. The summed E-state index contributed by atoms with van der Waals surface area (Å²) in [7, 11) is 0. The van der Waals surface area contributed by atoms with Gasteiger partial charge in [0.25, 0.3) is 0 Å². The Balaban J connectivity index is 2.10. The molecule has 0 aliphatic rings. The molecule has 24 heavy (non-hydrogen) atoms. The Hall–Kier alpha value is -3.14. The molecule has 0 aromatic heterocycles. The molecule has 0 heterocycles. The largest absolute Gasteiger partial charge is 0.490 e. The average molecular weight is 321 g/mol. The molecule has 2 rings (SSSR count). The molecule has 0 spiro atoms. The van der Waals surface area contributed by atoms with Crippen LogP contribution in [0.15, 0.2) is 67.3 Å². The van der Waals surface area contributed by atoms with Crippen molar-refractivity contribution in [3.05, 3.63) is 78.4 Å². The van der Waals surface area contributed by atoms with E-state index in [1.807, 2.05) is 24.3 Å². The predicted octanol–water partition coefficient (Wildman–Crippen LogP) is 4.11. The average Bonchev–Trinajstić information content (AvgIpc) is 2.58. The number of rotatable bonds is 7. The Bertz CT molecular complexity index is 778. The van der Waals surface area contributed by atoms with E-state index in [0.29, 0.717) is 17.9 Å². The van der Waals surface area contributed by atoms with Crippen LogP contribution in [0, 0.1) is 0 Å². The second kappa shape index (κ2) is 8.48. The Morgan fingerprint density at radius 2 is 1.96 bits per heavy atom. The van der Waals surface area contributed by atoms with Gasteiger partial charge in [-0.3, -0.25) is 9.59 Å². The molecule has 0 unspecified atom stereocenters. The van der Waals surface area contributed by atoms with E-state index in [0.717, 1.165) is 11.3 Å². The maximum atomic E-state index is 12.3. The van der Waals surface area contributed by atoms with E-state index in [2.05, 4.69) is 11.9 Å². The Kier molecular flexibility index (Phi) is 6.08. The molecule has 1 N–H and O–H groups in total. The second-order valence-electron chi connectivity index (χ2n) is 5.13. The van der Waals surface area contributed by atoms with Crippen molar-refractivity contribution in [1.82, 2.24) is 0 Å². The van der Waals surface area contributed by atoms with Gasteiger partial charge < -0.3 is 10.1 Å². The first-order valence-corrected chi connectivity index (χ1v) is 7.52. The zero-order valence-corrected chi connectivity index (χ0v) is 13.5. The minimum absolute atomic E-state index is 0.139. The molecule has 0 aliphatic carbocycles. The van der Waals surface area contributed by atoms with E-state index in [1.165, 1.54) is 13.0 Å². The van der Waals surface area contributed by atoms with Crippen molar-refractivity contribution in [1.29, 1.82) is 0 Å². The molecule has 0 radical (unpaired) electrons. The summed E-state index contributed by atoms with van der Waals surface area (Å²) < 4.78 is 5.46. The van der Waals surface area contributed by atoms with Gasteiger partial charge in [0.15, 0.2) is 5.78 Å². The molecule has 1 amide bonds. The fourth-order valence-electron chi connectivity index (χ4n) is 2.08. The Morgan fingerprint density at radius 3 is 2.71 bits per heavy atom. The Labute approximate surface area is 141 Å². The zero-order chi connectivity index (χ0) is 17.4. The van der Waals surface area contributed by atoms with E-state index in [-0.39, 0.29) is 11.7 Å². The van der Waals surface area contributed by atoms with Crippen LogP contribution in [0.5, 0.6) is 5.75 Å². The molecular weight excluding hydrogens is 302 g/mol. The molecule has 0 fully saturated rings. The van der Waals surface area contributed by atoms with Gasteiger partial charge >= 0.3 is 0 Å². The number of allylic oxidation sites excluding steroid dienone is 1. The van der Waals surface area contributed by atoms with E-state index in [9.17, 15) is 9.59 Å². The number of nitrogens with one attached hydrogen (secondary N) is 1. The number of carbonyl (C=O) groups excluding carboxylic acids is 2. The summed E-state index contributed by atoms with van der Waals surface area (Å²) in [6.45, 7) is 5.47. The summed E-state index contributed by atoms with van der Waals surface area (Å²) in [5, 5.41) is 2.66. The highest BCUT2D eigenvalue weighted by atomic mass is 16.5. The number of amides is 1. The lowest BCUT2D eigenvalue weighted by atomic mass is 10.1. The molecular formula is C20H19NO3. The van der Waals surface area contributed by atoms with E-state index in [4.69, 9.17) is 4.74 Å². The first-order valence-electron chi connectivity index (χ1n) is 7.52. The van der Waals surface area contributed by atoms with Gasteiger partial charge in [0.05, 0.1) is 0 Å². The van der Waals surface area contributed by atoms with E-state index >= 15 is 0 Å². The molecule has 0 saturated carbocycles.